The molecule has 0 aromatic carbocycles. The molecule has 21 heavy (non-hydrogen) atoms. The molecule has 0 fully saturated rings. The van der Waals surface area contributed by atoms with Crippen molar-refractivity contribution in [3.8, 4) is 0 Å². The minimum Gasteiger partial charge on any atom is -0.726 e. The van der Waals surface area contributed by atoms with Crippen LogP contribution in [-0.4, -0.2) is 32.7 Å². The third-order valence-electron chi connectivity index (χ3n) is 3.43. The Morgan fingerprint density at radius 2 is 1.29 bits per heavy atom. The van der Waals surface area contributed by atoms with Crippen molar-refractivity contribution in [2.24, 2.45) is 0 Å². The zero-order valence-electron chi connectivity index (χ0n) is 13.4. The topological polar surface area (TPSA) is 78.5 Å². The fourth-order valence-electron chi connectivity index (χ4n) is 2.22. The first kappa shape index (κ1) is 20.8. The molecule has 0 bridgehead atoms. The van der Waals surface area contributed by atoms with Crippen LogP contribution in [0, 0.1) is 0 Å². The molecular formula is C15H32NO4S-. The minimum atomic E-state index is -4.52. The number of rotatable bonds is 16. The van der Waals surface area contributed by atoms with E-state index in [1.165, 1.54) is 57.8 Å². The number of nitrogens with one attached hydrogen (secondary N) is 1. The second kappa shape index (κ2) is 14.8. The maximum Gasteiger partial charge on any atom is 0.217 e. The zero-order valence-corrected chi connectivity index (χ0v) is 14.3. The Labute approximate surface area is 130 Å². The van der Waals surface area contributed by atoms with Gasteiger partial charge in [0.15, 0.2) is 0 Å². The van der Waals surface area contributed by atoms with Crippen molar-refractivity contribution >= 4 is 10.4 Å². The van der Waals surface area contributed by atoms with Gasteiger partial charge in [-0.2, -0.15) is 0 Å². The van der Waals surface area contributed by atoms with E-state index in [2.05, 4.69) is 16.4 Å². The molecule has 0 heterocycles. The van der Waals surface area contributed by atoms with Gasteiger partial charge in [0.2, 0.25) is 10.4 Å². The molecule has 0 saturated heterocycles. The lowest BCUT2D eigenvalue weighted by atomic mass is 10.1. The molecule has 0 aromatic heterocycles. The fourth-order valence-corrected chi connectivity index (χ4v) is 2.54. The van der Waals surface area contributed by atoms with Gasteiger partial charge in [0.1, 0.15) is 0 Å². The molecule has 0 aromatic rings. The molecular weight excluding hydrogens is 290 g/mol. The second-order valence-electron chi connectivity index (χ2n) is 5.52. The lowest BCUT2D eigenvalue weighted by Gasteiger charge is -2.08. The van der Waals surface area contributed by atoms with Gasteiger partial charge in [-0.3, -0.25) is 4.18 Å². The van der Waals surface area contributed by atoms with Crippen molar-refractivity contribution in [3.63, 3.8) is 0 Å². The third-order valence-corrected chi connectivity index (χ3v) is 3.89. The van der Waals surface area contributed by atoms with Crippen LogP contribution in [0.3, 0.4) is 0 Å². The first-order chi connectivity index (χ1) is 10.1. The van der Waals surface area contributed by atoms with Crippen LogP contribution in [0.1, 0.15) is 77.6 Å². The van der Waals surface area contributed by atoms with Crippen molar-refractivity contribution in [3.05, 3.63) is 0 Å². The monoisotopic (exact) mass is 322 g/mol. The van der Waals surface area contributed by atoms with Crippen molar-refractivity contribution in [2.45, 2.75) is 77.6 Å². The Kier molecular flexibility index (Phi) is 14.6. The van der Waals surface area contributed by atoms with Crippen molar-refractivity contribution in [2.75, 3.05) is 19.7 Å². The summed E-state index contributed by atoms with van der Waals surface area (Å²) in [6.45, 7) is 3.84. The van der Waals surface area contributed by atoms with Crippen LogP contribution in [0.2, 0.25) is 0 Å². The van der Waals surface area contributed by atoms with Crippen LogP contribution >= 0.6 is 0 Å². The summed E-state index contributed by atoms with van der Waals surface area (Å²) in [5.41, 5.74) is 0. The summed E-state index contributed by atoms with van der Waals surface area (Å²) in [6, 6.07) is 0. The van der Waals surface area contributed by atoms with Crippen molar-refractivity contribution in [1.82, 2.24) is 5.32 Å². The Balaban J connectivity index is 3.03. The molecule has 0 aliphatic carbocycles. The van der Waals surface area contributed by atoms with Crippen LogP contribution in [-0.2, 0) is 14.6 Å². The quantitative estimate of drug-likeness (QED) is 0.268. The highest BCUT2D eigenvalue weighted by atomic mass is 32.3. The van der Waals surface area contributed by atoms with E-state index in [0.29, 0.717) is 13.0 Å². The lowest BCUT2D eigenvalue weighted by molar-refractivity contribution is 0.257. The molecule has 5 nitrogen and oxygen atoms in total. The van der Waals surface area contributed by atoms with Gasteiger partial charge in [0, 0.05) is 0 Å². The summed E-state index contributed by atoms with van der Waals surface area (Å²) in [7, 11) is -4.52. The van der Waals surface area contributed by atoms with E-state index in [0.717, 1.165) is 13.0 Å². The normalized spacial score (nSPS) is 11.9. The van der Waals surface area contributed by atoms with E-state index in [4.69, 9.17) is 0 Å². The van der Waals surface area contributed by atoms with Crippen LogP contribution < -0.4 is 5.32 Å². The second-order valence-corrected chi connectivity index (χ2v) is 6.57. The molecule has 0 atom stereocenters. The summed E-state index contributed by atoms with van der Waals surface area (Å²) in [4.78, 5) is 0. The molecule has 1 N–H and O–H groups in total. The van der Waals surface area contributed by atoms with Crippen LogP contribution in [0.25, 0.3) is 0 Å². The average Bonchev–Trinajstić information content (AvgIpc) is 2.42. The van der Waals surface area contributed by atoms with Gasteiger partial charge in [0.25, 0.3) is 0 Å². The van der Waals surface area contributed by atoms with Gasteiger partial charge in [-0.1, -0.05) is 64.7 Å². The molecule has 0 aliphatic heterocycles. The van der Waals surface area contributed by atoms with Crippen LogP contribution in [0.5, 0.6) is 0 Å². The van der Waals surface area contributed by atoms with Gasteiger partial charge in [-0.05, 0) is 25.9 Å². The van der Waals surface area contributed by atoms with E-state index < -0.39 is 10.4 Å². The van der Waals surface area contributed by atoms with Crippen LogP contribution in [0.15, 0.2) is 0 Å². The van der Waals surface area contributed by atoms with Gasteiger partial charge >= 0.3 is 0 Å². The molecule has 0 unspecified atom stereocenters. The van der Waals surface area contributed by atoms with E-state index in [-0.39, 0.29) is 6.61 Å². The number of unbranched alkanes of at least 4 members (excludes halogenated alkanes) is 9. The molecule has 128 valence electrons. The molecule has 0 rings (SSSR count). The van der Waals surface area contributed by atoms with E-state index in [1.807, 2.05) is 0 Å². The summed E-state index contributed by atoms with van der Waals surface area (Å²) in [6.07, 6.45) is 13.8. The summed E-state index contributed by atoms with van der Waals surface area (Å²) < 4.78 is 34.6. The van der Waals surface area contributed by atoms with Crippen molar-refractivity contribution in [1.29, 1.82) is 0 Å². The van der Waals surface area contributed by atoms with Gasteiger partial charge in [-0.25, -0.2) is 8.42 Å². The summed E-state index contributed by atoms with van der Waals surface area (Å²) in [5.74, 6) is 0. The average molecular weight is 322 g/mol. The maximum atomic E-state index is 10.2. The zero-order chi connectivity index (χ0) is 15.8. The first-order valence-electron chi connectivity index (χ1n) is 8.37. The molecule has 0 amide bonds. The van der Waals surface area contributed by atoms with Crippen molar-refractivity contribution < 1.29 is 17.2 Å². The summed E-state index contributed by atoms with van der Waals surface area (Å²) >= 11 is 0. The predicted octanol–water partition coefficient (Wildman–Crippen LogP) is 3.36. The smallest absolute Gasteiger partial charge is 0.217 e. The highest BCUT2D eigenvalue weighted by molar-refractivity contribution is 7.80. The minimum absolute atomic E-state index is 0.0309. The van der Waals surface area contributed by atoms with Gasteiger partial charge in [0.05, 0.1) is 6.61 Å². The Morgan fingerprint density at radius 3 is 1.81 bits per heavy atom. The molecule has 0 saturated carbocycles. The van der Waals surface area contributed by atoms with Gasteiger partial charge in [-0.15, -0.1) is 0 Å². The Bertz CT molecular complexity index is 307. The van der Waals surface area contributed by atoms with E-state index in [9.17, 15) is 13.0 Å². The van der Waals surface area contributed by atoms with Gasteiger partial charge < -0.3 is 9.87 Å². The molecule has 0 aliphatic rings. The lowest BCUT2D eigenvalue weighted by Crippen LogP contribution is -2.18. The standard InChI is InChI=1S/C15H33NO4S/c1-2-3-4-5-6-7-8-9-10-11-13-16-14-12-15-20-21(17,18)19/h16H,2-15H2,1H3,(H,17,18,19)/p-1. The number of hydrogen-bond donors (Lipinski definition) is 1. The molecule has 0 spiro atoms. The predicted molar refractivity (Wildman–Crippen MR) is 85.0 cm³/mol. The van der Waals surface area contributed by atoms with Crippen LogP contribution in [0.4, 0.5) is 0 Å². The SMILES string of the molecule is CCCCCCCCCCCCNCCCOS(=O)(=O)[O-]. The first-order valence-corrected chi connectivity index (χ1v) is 9.70. The Morgan fingerprint density at radius 1 is 0.810 bits per heavy atom. The third kappa shape index (κ3) is 19.8. The Hall–Kier alpha value is -0.170. The van der Waals surface area contributed by atoms with E-state index >= 15 is 0 Å². The number of hydrogen-bond acceptors (Lipinski definition) is 5. The fraction of sp³-hybridized carbons (Fsp3) is 1.00. The maximum absolute atomic E-state index is 10.2. The van der Waals surface area contributed by atoms with E-state index in [1.54, 1.807) is 0 Å². The largest absolute Gasteiger partial charge is 0.726 e. The molecule has 6 heteroatoms. The molecule has 0 radical (unpaired) electrons. The summed E-state index contributed by atoms with van der Waals surface area (Å²) in [5, 5.41) is 3.22. The highest BCUT2D eigenvalue weighted by Crippen LogP contribution is 2.10. The highest BCUT2D eigenvalue weighted by Gasteiger charge is 1.95.